The summed E-state index contributed by atoms with van der Waals surface area (Å²) in [6.45, 7) is -0.255. The summed E-state index contributed by atoms with van der Waals surface area (Å²) in [5.74, 6) is -1.05. The number of hydrogen-bond donors (Lipinski definition) is 2. The number of hydrogen-bond acceptors (Lipinski definition) is 8. The monoisotopic (exact) mass is 469 g/mol. The number of β-lactam (4-membered cyclic amide) rings is 1. The van der Waals surface area contributed by atoms with Crippen molar-refractivity contribution in [2.75, 3.05) is 19.5 Å². The minimum absolute atomic E-state index is 0.0139. The fourth-order valence-corrected chi connectivity index (χ4v) is 5.18. The summed E-state index contributed by atoms with van der Waals surface area (Å²) >= 11 is 1.30. The number of rotatable bonds is 7. The molecule has 0 aliphatic carbocycles. The summed E-state index contributed by atoms with van der Waals surface area (Å²) in [5.41, 5.74) is 11.6. The van der Waals surface area contributed by atoms with E-state index in [9.17, 15) is 14.4 Å². The van der Waals surface area contributed by atoms with E-state index in [-0.39, 0.29) is 18.1 Å². The van der Waals surface area contributed by atoms with E-state index in [0.29, 0.717) is 5.57 Å². The van der Waals surface area contributed by atoms with Gasteiger partial charge in [0.2, 0.25) is 5.72 Å². The van der Waals surface area contributed by atoms with Crippen molar-refractivity contribution in [3.8, 4) is 0 Å². The van der Waals surface area contributed by atoms with Gasteiger partial charge in [-0.05, 0) is 11.1 Å². The summed E-state index contributed by atoms with van der Waals surface area (Å²) in [4.78, 5) is 38.8. The van der Waals surface area contributed by atoms with E-state index in [1.54, 1.807) is 0 Å². The zero-order valence-corrected chi connectivity index (χ0v) is 18.6. The molecule has 4 rings (SSSR count). The molecule has 1 fully saturated rings. The molecule has 0 saturated carbocycles. The molecule has 1 saturated heterocycles. The van der Waals surface area contributed by atoms with Crippen molar-refractivity contribution in [3.05, 3.63) is 83.1 Å². The van der Waals surface area contributed by atoms with Gasteiger partial charge in [0, 0.05) is 18.4 Å². The largest absolute Gasteiger partial charge is 0.448 e. The molecule has 172 valence electrons. The molecule has 0 radical (unpaired) electrons. The number of esters is 1. The molecule has 10 heteroatoms. The number of carbonyl (C=O) groups is 3. The summed E-state index contributed by atoms with van der Waals surface area (Å²) in [6, 6.07) is 18.5. The third-order valence-corrected chi connectivity index (χ3v) is 6.89. The standard InChI is InChI=1S/C23H23N3O6S/c1-30-23(25)20(28)26-17(16(12-31-22(24)29)13-33-21(23)26)19(27)32-18(14-8-4-2-5-9-14)15-10-6-3-7-11-15/h2-11,18,21H,12-13,25H2,1H3,(H2,24,29)/t21-,23+/m1/s1. The number of methoxy groups -OCH3 is 1. The number of ether oxygens (including phenoxy) is 3. The highest BCUT2D eigenvalue weighted by Gasteiger charge is 2.63. The topological polar surface area (TPSA) is 134 Å². The lowest BCUT2D eigenvalue weighted by Crippen LogP contribution is -2.78. The second kappa shape index (κ2) is 9.26. The Labute approximate surface area is 194 Å². The minimum atomic E-state index is -1.55. The summed E-state index contributed by atoms with van der Waals surface area (Å²) < 4.78 is 16.1. The van der Waals surface area contributed by atoms with Crippen molar-refractivity contribution < 1.29 is 28.6 Å². The summed E-state index contributed by atoms with van der Waals surface area (Å²) in [5, 5.41) is -0.623. The third kappa shape index (κ3) is 4.20. The van der Waals surface area contributed by atoms with Crippen LogP contribution < -0.4 is 11.5 Å². The molecule has 4 N–H and O–H groups in total. The number of benzene rings is 2. The van der Waals surface area contributed by atoms with Crippen LogP contribution in [0.3, 0.4) is 0 Å². The molecule has 2 aromatic carbocycles. The molecule has 9 nitrogen and oxygen atoms in total. The normalized spacial score (nSPS) is 22.0. The Balaban J connectivity index is 1.70. The van der Waals surface area contributed by atoms with Crippen LogP contribution in [0.4, 0.5) is 4.79 Å². The molecular formula is C23H23N3O6S. The summed E-state index contributed by atoms with van der Waals surface area (Å²) in [7, 11) is 1.34. The molecule has 2 aliphatic heterocycles. The predicted octanol–water partition coefficient (Wildman–Crippen LogP) is 1.89. The van der Waals surface area contributed by atoms with Gasteiger partial charge in [-0.3, -0.25) is 15.4 Å². The maximum Gasteiger partial charge on any atom is 0.404 e. The molecule has 2 atom stereocenters. The number of amides is 2. The number of nitrogens with two attached hydrogens (primary N) is 2. The minimum Gasteiger partial charge on any atom is -0.448 e. The first-order valence-electron chi connectivity index (χ1n) is 10.1. The fraction of sp³-hybridized carbons (Fsp3) is 0.261. The van der Waals surface area contributed by atoms with Crippen molar-refractivity contribution in [1.29, 1.82) is 0 Å². The van der Waals surface area contributed by atoms with Crippen LogP contribution in [-0.4, -0.2) is 53.4 Å². The molecular weight excluding hydrogens is 446 g/mol. The van der Waals surface area contributed by atoms with Crippen LogP contribution in [0, 0.1) is 0 Å². The number of fused-ring (bicyclic) bond motifs is 1. The van der Waals surface area contributed by atoms with Crippen LogP contribution in [0.15, 0.2) is 71.9 Å². The fourth-order valence-electron chi connectivity index (χ4n) is 3.81. The van der Waals surface area contributed by atoms with Gasteiger partial charge >= 0.3 is 12.1 Å². The smallest absolute Gasteiger partial charge is 0.404 e. The maximum absolute atomic E-state index is 13.5. The Morgan fingerprint density at radius 1 is 1.12 bits per heavy atom. The highest BCUT2D eigenvalue weighted by atomic mass is 32.2. The molecule has 0 unspecified atom stereocenters. The quantitative estimate of drug-likeness (QED) is 0.357. The Morgan fingerprint density at radius 2 is 1.70 bits per heavy atom. The van der Waals surface area contributed by atoms with Crippen LogP contribution in [0.25, 0.3) is 0 Å². The van der Waals surface area contributed by atoms with Crippen LogP contribution in [0.1, 0.15) is 17.2 Å². The van der Waals surface area contributed by atoms with E-state index in [0.717, 1.165) is 11.1 Å². The second-order valence-electron chi connectivity index (χ2n) is 7.50. The molecule has 0 aromatic heterocycles. The van der Waals surface area contributed by atoms with Gasteiger partial charge in [0.05, 0.1) is 0 Å². The maximum atomic E-state index is 13.5. The Bertz CT molecular complexity index is 1050. The van der Waals surface area contributed by atoms with Gasteiger partial charge in [0.15, 0.2) is 6.10 Å². The van der Waals surface area contributed by atoms with E-state index in [2.05, 4.69) is 0 Å². The Hall–Kier alpha value is -3.34. The highest BCUT2D eigenvalue weighted by Crippen LogP contribution is 2.46. The average molecular weight is 470 g/mol. The van der Waals surface area contributed by atoms with Crippen molar-refractivity contribution in [1.82, 2.24) is 4.90 Å². The zero-order valence-electron chi connectivity index (χ0n) is 17.8. The van der Waals surface area contributed by atoms with E-state index >= 15 is 0 Å². The van der Waals surface area contributed by atoms with E-state index in [1.165, 1.54) is 23.8 Å². The third-order valence-electron chi connectivity index (χ3n) is 5.49. The van der Waals surface area contributed by atoms with Gasteiger partial charge in [-0.25, -0.2) is 9.59 Å². The van der Waals surface area contributed by atoms with Gasteiger partial charge in [0.25, 0.3) is 5.91 Å². The van der Waals surface area contributed by atoms with Crippen molar-refractivity contribution in [2.24, 2.45) is 11.5 Å². The van der Waals surface area contributed by atoms with Crippen LogP contribution in [0.5, 0.6) is 0 Å². The van der Waals surface area contributed by atoms with Gasteiger partial charge in [0.1, 0.15) is 17.7 Å². The van der Waals surface area contributed by atoms with Crippen LogP contribution in [0.2, 0.25) is 0 Å². The van der Waals surface area contributed by atoms with Gasteiger partial charge in [-0.2, -0.15) is 0 Å². The Morgan fingerprint density at radius 3 is 2.21 bits per heavy atom. The molecule has 0 bridgehead atoms. The first-order chi connectivity index (χ1) is 15.9. The lowest BCUT2D eigenvalue weighted by molar-refractivity contribution is -0.184. The van der Waals surface area contributed by atoms with Crippen LogP contribution >= 0.6 is 11.8 Å². The van der Waals surface area contributed by atoms with E-state index < -0.39 is 35.2 Å². The van der Waals surface area contributed by atoms with Gasteiger partial charge in [-0.1, -0.05) is 60.7 Å². The number of carbonyl (C=O) groups excluding carboxylic acids is 3. The molecule has 2 aliphatic rings. The Kier molecular flexibility index (Phi) is 6.41. The van der Waals surface area contributed by atoms with E-state index in [1.807, 2.05) is 60.7 Å². The summed E-state index contributed by atoms with van der Waals surface area (Å²) in [6.07, 6.45) is -1.71. The SMILES string of the molecule is CO[C@@]1(N)C(=O)N2C(C(=O)OC(c3ccccc3)c3ccccc3)=C(COC(N)=O)CS[C@@H]21. The van der Waals surface area contributed by atoms with Crippen molar-refractivity contribution in [2.45, 2.75) is 17.2 Å². The zero-order chi connectivity index (χ0) is 23.6. The highest BCUT2D eigenvalue weighted by molar-refractivity contribution is 8.00. The lowest BCUT2D eigenvalue weighted by Gasteiger charge is -2.54. The molecule has 0 spiro atoms. The molecule has 2 amide bonds. The first kappa shape index (κ1) is 22.8. The van der Waals surface area contributed by atoms with Crippen molar-refractivity contribution >= 4 is 29.7 Å². The second-order valence-corrected chi connectivity index (χ2v) is 8.57. The predicted molar refractivity (Wildman–Crippen MR) is 120 cm³/mol. The molecule has 2 heterocycles. The van der Waals surface area contributed by atoms with Gasteiger partial charge in [-0.15, -0.1) is 11.8 Å². The number of nitrogens with zero attached hydrogens (tertiary/aromatic N) is 1. The molecule has 2 aromatic rings. The number of thioether (sulfide) groups is 1. The number of primary amides is 1. The van der Waals surface area contributed by atoms with Crippen LogP contribution in [-0.2, 0) is 23.8 Å². The lowest BCUT2D eigenvalue weighted by atomic mass is 9.99. The van der Waals surface area contributed by atoms with E-state index in [4.69, 9.17) is 25.7 Å². The first-order valence-corrected chi connectivity index (χ1v) is 11.2. The average Bonchev–Trinajstić information content (AvgIpc) is 2.85. The van der Waals surface area contributed by atoms with Gasteiger partial charge < -0.3 is 19.9 Å². The molecule has 33 heavy (non-hydrogen) atoms. The van der Waals surface area contributed by atoms with Crippen molar-refractivity contribution in [3.63, 3.8) is 0 Å².